The summed E-state index contributed by atoms with van der Waals surface area (Å²) >= 11 is 0. The zero-order chi connectivity index (χ0) is 53.6. The Morgan fingerprint density at radius 2 is 1.66 bits per heavy atom. The van der Waals surface area contributed by atoms with Crippen molar-refractivity contribution < 1.29 is 32.7 Å². The van der Waals surface area contributed by atoms with Crippen LogP contribution in [-0.2, 0) is 10.0 Å². The number of aliphatic hydroxyl groups is 1. The highest BCUT2D eigenvalue weighted by Crippen LogP contribution is 2.54. The minimum Gasteiger partial charge on any atom is -0.497 e. The molecule has 3 saturated carbocycles. The van der Waals surface area contributed by atoms with E-state index in [1.807, 2.05) is 19.1 Å². The van der Waals surface area contributed by atoms with Gasteiger partial charge in [-0.05, 0) is 160 Å². The predicted molar refractivity (Wildman–Crippen MR) is 299 cm³/mol. The molecule has 77 heavy (non-hydrogen) atoms. The number of anilines is 2. The van der Waals surface area contributed by atoms with Gasteiger partial charge in [-0.25, -0.2) is 18.1 Å². The van der Waals surface area contributed by atoms with Crippen LogP contribution in [-0.4, -0.2) is 108 Å². The van der Waals surface area contributed by atoms with E-state index in [9.17, 15) is 28.4 Å². The first-order valence-corrected chi connectivity index (χ1v) is 29.1. The van der Waals surface area contributed by atoms with Gasteiger partial charge in [0.1, 0.15) is 28.6 Å². The van der Waals surface area contributed by atoms with E-state index < -0.39 is 37.0 Å². The van der Waals surface area contributed by atoms with Crippen molar-refractivity contribution >= 4 is 44.0 Å². The lowest BCUT2D eigenvalue weighted by atomic mass is 9.59. The molecule has 16 nitrogen and oxygen atoms in total. The molecular formula is C60H72N8O8S. The number of nitro groups is 1. The minimum atomic E-state index is -4.59. The second-order valence-electron chi connectivity index (χ2n) is 23.2. The van der Waals surface area contributed by atoms with Crippen LogP contribution in [0.2, 0.25) is 0 Å². The number of ether oxygens (including phenoxy) is 2. The maximum absolute atomic E-state index is 14.1. The third-order valence-corrected chi connectivity index (χ3v) is 19.3. The number of H-pyrrole nitrogens is 1. The third kappa shape index (κ3) is 11.1. The molecule has 4 aromatic carbocycles. The maximum Gasteiger partial charge on any atom is 0.293 e. The summed E-state index contributed by atoms with van der Waals surface area (Å²) in [6.07, 6.45) is 12.9. The third-order valence-electron chi connectivity index (χ3n) is 17.9. The van der Waals surface area contributed by atoms with Crippen molar-refractivity contribution in [3.8, 4) is 17.2 Å². The standard InChI is InChI=1S/C60H72N8O8S/c1-39(2)50-7-5-6-8-51(50)55-38-66(45-29-43(30-45)41-9-12-47(75-4)13-10-41)27-28-67(55)46-34-60(35-46)22-25-65(26-23-60)44-11-15-52(56(32-44)76-48-31-42-19-24-61-57(42)63-37-48)58(69)64-77(73,74)49-14-16-53(54(33-49)68(71)72)62-36-40-17-20-59(3,70)21-18-40/h5-16,19,24,31-33,37,39-40,43,45-46,55,62,70H,17-18,20-23,25-30,34-36,38H2,1-4H3,(H,61,63)(H,64,69). The van der Waals surface area contributed by atoms with Crippen molar-refractivity contribution in [2.45, 2.75) is 125 Å². The van der Waals surface area contributed by atoms with Crippen LogP contribution in [0.5, 0.6) is 17.2 Å². The summed E-state index contributed by atoms with van der Waals surface area (Å²) in [4.78, 5) is 40.8. The number of fused-ring (bicyclic) bond motifs is 1. The first kappa shape index (κ1) is 52.5. The fraction of sp³-hybridized carbons (Fsp3) is 0.467. The van der Waals surface area contributed by atoms with Gasteiger partial charge >= 0.3 is 0 Å². The van der Waals surface area contributed by atoms with Gasteiger partial charge in [-0.1, -0.05) is 50.2 Å². The molecule has 1 spiro atoms. The number of hydrogen-bond donors (Lipinski definition) is 4. The van der Waals surface area contributed by atoms with Crippen LogP contribution in [0, 0.1) is 21.4 Å². The number of sulfonamides is 1. The number of carbonyl (C=O) groups is 1. The van der Waals surface area contributed by atoms with E-state index in [-0.39, 0.29) is 28.3 Å². The molecule has 5 fully saturated rings. The number of amides is 1. The van der Waals surface area contributed by atoms with Gasteiger partial charge in [-0.3, -0.25) is 24.7 Å². The molecule has 4 heterocycles. The number of methoxy groups -OCH3 is 1. The number of rotatable bonds is 16. The summed E-state index contributed by atoms with van der Waals surface area (Å²) in [5.74, 6) is 1.69. The van der Waals surface area contributed by atoms with Gasteiger partial charge in [0.2, 0.25) is 0 Å². The molecule has 1 unspecified atom stereocenters. The lowest BCUT2D eigenvalue weighted by Crippen LogP contribution is -2.61. The van der Waals surface area contributed by atoms with Gasteiger partial charge in [0.25, 0.3) is 21.6 Å². The molecule has 17 heteroatoms. The van der Waals surface area contributed by atoms with E-state index in [2.05, 4.69) is 97.1 Å². The Hall–Kier alpha value is -6.53. The summed E-state index contributed by atoms with van der Waals surface area (Å²) in [6.45, 7) is 11.7. The quantitative estimate of drug-likeness (QED) is 0.0528. The topological polar surface area (TPSA) is 195 Å². The van der Waals surface area contributed by atoms with E-state index >= 15 is 0 Å². The van der Waals surface area contributed by atoms with Crippen LogP contribution in [0.1, 0.15) is 130 Å². The number of nitro benzene ring substituents is 1. The fourth-order valence-corrected chi connectivity index (χ4v) is 14.1. The zero-order valence-corrected chi connectivity index (χ0v) is 45.4. The summed E-state index contributed by atoms with van der Waals surface area (Å²) in [5.41, 5.74) is 5.09. The summed E-state index contributed by atoms with van der Waals surface area (Å²) in [7, 11) is -2.87. The summed E-state index contributed by atoms with van der Waals surface area (Å²) in [6, 6.07) is 31.6. The largest absolute Gasteiger partial charge is 0.497 e. The fourth-order valence-electron chi connectivity index (χ4n) is 13.1. The highest BCUT2D eigenvalue weighted by Gasteiger charge is 2.51. The van der Waals surface area contributed by atoms with Crippen molar-refractivity contribution in [1.29, 1.82) is 0 Å². The molecule has 3 aliphatic carbocycles. The monoisotopic (exact) mass is 1060 g/mol. The second kappa shape index (κ2) is 21.4. The predicted octanol–water partition coefficient (Wildman–Crippen LogP) is 10.9. The van der Waals surface area contributed by atoms with Crippen LogP contribution in [0.25, 0.3) is 11.0 Å². The van der Waals surface area contributed by atoms with E-state index in [0.717, 1.165) is 94.1 Å². The van der Waals surface area contributed by atoms with E-state index in [4.69, 9.17) is 9.47 Å². The average molecular weight is 1070 g/mol. The van der Waals surface area contributed by atoms with E-state index in [0.29, 0.717) is 60.7 Å². The molecule has 1 amide bonds. The maximum atomic E-state index is 14.1. The van der Waals surface area contributed by atoms with Crippen molar-refractivity contribution in [2.75, 3.05) is 56.6 Å². The minimum absolute atomic E-state index is 0.0240. The van der Waals surface area contributed by atoms with Gasteiger partial charge in [0.05, 0.1) is 34.3 Å². The SMILES string of the molecule is COc1ccc(C2CC(N3CCN(C4CC5(CCN(c6ccc(C(=O)NS(=O)(=O)c7ccc(NCC8CCC(C)(O)CC8)c([N+](=O)[O-])c7)c(Oc7cnc8[nH]ccc8c7)c6)CC5)C4)C(c4ccccc4C(C)C)C3)C2)cc1. The average Bonchev–Trinajstić information content (AvgIpc) is 3.88. The van der Waals surface area contributed by atoms with Gasteiger partial charge in [-0.15, -0.1) is 0 Å². The second-order valence-corrected chi connectivity index (χ2v) is 24.9. The Morgan fingerprint density at radius 1 is 0.909 bits per heavy atom. The van der Waals surface area contributed by atoms with Crippen LogP contribution in [0.15, 0.2) is 114 Å². The summed E-state index contributed by atoms with van der Waals surface area (Å²) in [5, 5.41) is 26.5. The van der Waals surface area contributed by atoms with Crippen molar-refractivity contribution in [1.82, 2.24) is 24.5 Å². The molecule has 406 valence electrons. The first-order chi connectivity index (χ1) is 37.0. The zero-order valence-electron chi connectivity index (χ0n) is 44.6. The Bertz CT molecular complexity index is 3220. The Morgan fingerprint density at radius 3 is 2.39 bits per heavy atom. The number of pyridine rings is 1. The highest BCUT2D eigenvalue weighted by molar-refractivity contribution is 7.90. The first-order valence-electron chi connectivity index (χ1n) is 27.6. The number of piperidine rings is 1. The number of hydrogen-bond acceptors (Lipinski definition) is 13. The van der Waals surface area contributed by atoms with Crippen molar-refractivity contribution in [3.63, 3.8) is 0 Å². The van der Waals surface area contributed by atoms with Crippen LogP contribution in [0.4, 0.5) is 17.1 Å². The van der Waals surface area contributed by atoms with Gasteiger partial charge in [-0.2, -0.15) is 0 Å². The van der Waals surface area contributed by atoms with Crippen LogP contribution < -0.4 is 24.4 Å². The van der Waals surface area contributed by atoms with Gasteiger partial charge in [0, 0.05) is 86.8 Å². The molecule has 0 radical (unpaired) electrons. The molecule has 2 aliphatic heterocycles. The van der Waals surface area contributed by atoms with Crippen LogP contribution >= 0.6 is 0 Å². The molecule has 1 atom stereocenters. The molecule has 11 rings (SSSR count). The van der Waals surface area contributed by atoms with E-state index in [1.54, 1.807) is 37.7 Å². The number of benzene rings is 4. The van der Waals surface area contributed by atoms with Gasteiger partial charge < -0.3 is 29.8 Å². The molecule has 0 bridgehead atoms. The number of nitrogens with zero attached hydrogens (tertiary/aromatic N) is 5. The Labute approximate surface area is 451 Å². The Balaban J connectivity index is 0.767. The number of nitrogens with one attached hydrogen (secondary N) is 3. The molecule has 2 saturated heterocycles. The summed E-state index contributed by atoms with van der Waals surface area (Å²) < 4.78 is 41.8. The molecule has 4 N–H and O–H groups in total. The van der Waals surface area contributed by atoms with Crippen LogP contribution in [0.3, 0.4) is 0 Å². The number of carbonyl (C=O) groups excluding carboxylic acids is 1. The van der Waals surface area contributed by atoms with Crippen molar-refractivity contribution in [2.24, 2.45) is 11.3 Å². The lowest BCUT2D eigenvalue weighted by molar-refractivity contribution is -0.384. The normalized spacial score (nSPS) is 24.1. The lowest BCUT2D eigenvalue weighted by Gasteiger charge is -2.59. The van der Waals surface area contributed by atoms with E-state index in [1.165, 1.54) is 41.7 Å². The number of piperazine rings is 1. The molecule has 6 aromatic rings. The number of aromatic nitrogens is 2. The molecular weight excluding hydrogens is 993 g/mol. The molecule has 2 aromatic heterocycles. The Kier molecular flexibility index (Phi) is 14.6. The smallest absolute Gasteiger partial charge is 0.293 e. The van der Waals surface area contributed by atoms with Gasteiger partial charge in [0.15, 0.2) is 0 Å². The van der Waals surface area contributed by atoms with Crippen molar-refractivity contribution in [3.05, 3.63) is 142 Å². The molecule has 5 aliphatic rings. The number of aromatic amines is 1. The highest BCUT2D eigenvalue weighted by atomic mass is 32.2.